The highest BCUT2D eigenvalue weighted by Gasteiger charge is 2.55. The van der Waals surface area contributed by atoms with E-state index in [-0.39, 0.29) is 12.5 Å². The zero-order valence-electron chi connectivity index (χ0n) is 18.3. The first kappa shape index (κ1) is 20.7. The third-order valence-corrected chi connectivity index (χ3v) is 5.85. The molecule has 0 saturated carbocycles. The fourth-order valence-corrected chi connectivity index (χ4v) is 4.18. The van der Waals surface area contributed by atoms with Gasteiger partial charge in [0.15, 0.2) is 12.1 Å². The van der Waals surface area contributed by atoms with Crippen LogP contribution in [0, 0.1) is 34.6 Å². The number of carbonyl (C=O) groups is 3. The number of rotatable bonds is 4. The molecule has 2 aliphatic rings. The van der Waals surface area contributed by atoms with Crippen molar-refractivity contribution < 1.29 is 14.4 Å². The second kappa shape index (κ2) is 7.61. The number of benzene rings is 2. The number of imide groups is 1. The molecule has 2 aliphatic heterocycles. The molecule has 0 aliphatic carbocycles. The second-order valence-electron chi connectivity index (χ2n) is 8.29. The Kier molecular flexibility index (Phi) is 5.08. The first-order valence-corrected chi connectivity index (χ1v) is 10.2. The second-order valence-corrected chi connectivity index (χ2v) is 8.29. The minimum atomic E-state index is -0.926. The van der Waals surface area contributed by atoms with Gasteiger partial charge in [-0.05, 0) is 69.0 Å². The van der Waals surface area contributed by atoms with Gasteiger partial charge in [-0.3, -0.25) is 19.4 Å². The summed E-state index contributed by atoms with van der Waals surface area (Å²) in [5.41, 5.74) is 6.34. The molecular formula is C23H25N5O3. The van der Waals surface area contributed by atoms with Gasteiger partial charge in [0.2, 0.25) is 5.91 Å². The molecule has 0 aromatic heterocycles. The van der Waals surface area contributed by atoms with Gasteiger partial charge in [0.05, 0.1) is 5.69 Å². The molecule has 0 bridgehead atoms. The number of anilines is 2. The van der Waals surface area contributed by atoms with E-state index < -0.39 is 23.9 Å². The van der Waals surface area contributed by atoms with Crippen molar-refractivity contribution in [1.82, 2.24) is 5.01 Å². The van der Waals surface area contributed by atoms with Crippen LogP contribution in [0.4, 0.5) is 11.4 Å². The monoisotopic (exact) mass is 419 g/mol. The molecule has 0 spiro atoms. The predicted molar refractivity (Wildman–Crippen MR) is 117 cm³/mol. The number of hydrogen-bond donors (Lipinski definition) is 1. The molecular weight excluding hydrogens is 394 g/mol. The van der Waals surface area contributed by atoms with Gasteiger partial charge < -0.3 is 5.32 Å². The number of fused-ring (bicyclic) bond motifs is 1. The van der Waals surface area contributed by atoms with Gasteiger partial charge in [-0.2, -0.15) is 5.11 Å². The first-order chi connectivity index (χ1) is 14.7. The van der Waals surface area contributed by atoms with E-state index in [1.54, 1.807) is 6.07 Å². The van der Waals surface area contributed by atoms with Crippen molar-refractivity contribution in [2.75, 3.05) is 16.8 Å². The van der Waals surface area contributed by atoms with E-state index >= 15 is 0 Å². The quantitative estimate of drug-likeness (QED) is 0.770. The Morgan fingerprint density at radius 3 is 2.26 bits per heavy atom. The van der Waals surface area contributed by atoms with Gasteiger partial charge in [0, 0.05) is 5.69 Å². The highest BCUT2D eigenvalue weighted by atomic mass is 16.2. The van der Waals surface area contributed by atoms with Crippen LogP contribution in [0.25, 0.3) is 0 Å². The van der Waals surface area contributed by atoms with Crippen LogP contribution in [0.5, 0.6) is 0 Å². The zero-order chi connectivity index (χ0) is 22.4. The predicted octanol–water partition coefficient (Wildman–Crippen LogP) is 3.16. The molecule has 1 saturated heterocycles. The number of nitrogens with zero attached hydrogens (tertiary/aromatic N) is 4. The third kappa shape index (κ3) is 3.58. The average Bonchev–Trinajstić information content (AvgIpc) is 3.21. The van der Waals surface area contributed by atoms with Gasteiger partial charge in [0.1, 0.15) is 6.54 Å². The van der Waals surface area contributed by atoms with Crippen molar-refractivity contribution in [3.05, 3.63) is 58.1 Å². The summed E-state index contributed by atoms with van der Waals surface area (Å²) in [7, 11) is 0. The van der Waals surface area contributed by atoms with E-state index in [1.807, 2.05) is 58.9 Å². The Labute approximate surface area is 180 Å². The van der Waals surface area contributed by atoms with Gasteiger partial charge in [0.25, 0.3) is 11.8 Å². The minimum absolute atomic E-state index is 0.169. The normalized spacial score (nSPS) is 19.9. The Balaban J connectivity index is 1.51. The van der Waals surface area contributed by atoms with Crippen molar-refractivity contribution >= 4 is 29.1 Å². The number of amides is 3. The molecule has 1 N–H and O–H groups in total. The van der Waals surface area contributed by atoms with Crippen LogP contribution in [0.1, 0.15) is 27.8 Å². The molecule has 31 heavy (non-hydrogen) atoms. The summed E-state index contributed by atoms with van der Waals surface area (Å²) in [6, 6.07) is 7.59. The molecule has 4 rings (SSSR count). The Morgan fingerprint density at radius 2 is 1.61 bits per heavy atom. The van der Waals surface area contributed by atoms with E-state index in [1.165, 1.54) is 5.01 Å². The van der Waals surface area contributed by atoms with E-state index in [0.29, 0.717) is 5.69 Å². The fourth-order valence-electron chi connectivity index (χ4n) is 4.18. The Hall–Kier alpha value is -3.55. The standard InChI is InChI=1S/C23H25N5O3/c1-12-8-15(4)19(16(5)9-12)24-18(29)11-27-21-20(25-26-27)22(30)28(23(21)31)17-7-6-13(2)14(3)10-17/h6-10,20-21H,11H2,1-5H3,(H,24,29). The highest BCUT2D eigenvalue weighted by molar-refractivity contribution is 6.25. The van der Waals surface area contributed by atoms with Crippen molar-refractivity contribution in [2.45, 2.75) is 46.7 Å². The largest absolute Gasteiger partial charge is 0.324 e. The van der Waals surface area contributed by atoms with E-state index in [9.17, 15) is 14.4 Å². The van der Waals surface area contributed by atoms with Crippen LogP contribution >= 0.6 is 0 Å². The van der Waals surface area contributed by atoms with Gasteiger partial charge in [-0.25, -0.2) is 4.90 Å². The van der Waals surface area contributed by atoms with Crippen molar-refractivity contribution in [3.8, 4) is 0 Å². The minimum Gasteiger partial charge on any atom is -0.324 e. The summed E-state index contributed by atoms with van der Waals surface area (Å²) in [6.45, 7) is 9.59. The van der Waals surface area contributed by atoms with Crippen molar-refractivity contribution in [3.63, 3.8) is 0 Å². The lowest BCUT2D eigenvalue weighted by Crippen LogP contribution is -2.43. The molecule has 2 atom stereocenters. The number of carbonyl (C=O) groups excluding carboxylic acids is 3. The van der Waals surface area contributed by atoms with Crippen LogP contribution in [0.15, 0.2) is 40.7 Å². The van der Waals surface area contributed by atoms with Crippen molar-refractivity contribution in [2.24, 2.45) is 10.3 Å². The first-order valence-electron chi connectivity index (χ1n) is 10.2. The molecule has 1 fully saturated rings. The summed E-state index contributed by atoms with van der Waals surface area (Å²) < 4.78 is 0. The lowest BCUT2D eigenvalue weighted by molar-refractivity contribution is -0.123. The molecule has 2 aromatic rings. The lowest BCUT2D eigenvalue weighted by Gasteiger charge is -2.21. The Bertz CT molecular complexity index is 1120. The summed E-state index contributed by atoms with van der Waals surface area (Å²) in [5.74, 6) is -1.16. The van der Waals surface area contributed by atoms with Crippen molar-refractivity contribution in [1.29, 1.82) is 0 Å². The summed E-state index contributed by atoms with van der Waals surface area (Å²) >= 11 is 0. The van der Waals surface area contributed by atoms with Gasteiger partial charge in [-0.1, -0.05) is 29.0 Å². The molecule has 0 radical (unpaired) electrons. The number of hydrogen-bond acceptors (Lipinski definition) is 6. The van der Waals surface area contributed by atoms with E-state index in [4.69, 9.17) is 0 Å². The zero-order valence-corrected chi connectivity index (χ0v) is 18.3. The number of nitrogens with one attached hydrogen (secondary N) is 1. The van der Waals surface area contributed by atoms with Crippen LogP contribution < -0.4 is 10.2 Å². The lowest BCUT2D eigenvalue weighted by atomic mass is 10.1. The molecule has 3 amide bonds. The maximum atomic E-state index is 13.1. The Morgan fingerprint density at radius 1 is 0.935 bits per heavy atom. The van der Waals surface area contributed by atoms with Crippen LogP contribution in [0.2, 0.25) is 0 Å². The molecule has 8 heteroatoms. The number of aryl methyl sites for hydroxylation is 5. The van der Waals surface area contributed by atoms with Gasteiger partial charge in [-0.15, -0.1) is 0 Å². The maximum absolute atomic E-state index is 13.1. The van der Waals surface area contributed by atoms with Gasteiger partial charge >= 0.3 is 0 Å². The third-order valence-electron chi connectivity index (χ3n) is 5.85. The van der Waals surface area contributed by atoms with Crippen LogP contribution in [-0.4, -0.2) is 41.4 Å². The SMILES string of the molecule is Cc1cc(C)c(NC(=O)CN2N=NC3C(=O)N(c4ccc(C)c(C)c4)C(=O)C32)c(C)c1. The average molecular weight is 419 g/mol. The summed E-state index contributed by atoms with van der Waals surface area (Å²) in [6.07, 6.45) is 0. The molecule has 2 unspecified atom stereocenters. The molecule has 160 valence electrons. The molecule has 2 aromatic carbocycles. The summed E-state index contributed by atoms with van der Waals surface area (Å²) in [5, 5.41) is 12.2. The fraction of sp³-hybridized carbons (Fsp3) is 0.348. The van der Waals surface area contributed by atoms with Crippen LogP contribution in [-0.2, 0) is 14.4 Å². The van der Waals surface area contributed by atoms with E-state index in [0.717, 1.165) is 38.4 Å². The smallest absolute Gasteiger partial charge is 0.263 e. The van der Waals surface area contributed by atoms with E-state index in [2.05, 4.69) is 15.7 Å². The molecule has 8 nitrogen and oxygen atoms in total. The highest BCUT2D eigenvalue weighted by Crippen LogP contribution is 2.32. The van der Waals surface area contributed by atoms with Crippen LogP contribution in [0.3, 0.4) is 0 Å². The summed E-state index contributed by atoms with van der Waals surface area (Å²) in [4.78, 5) is 39.8. The topological polar surface area (TPSA) is 94.4 Å². The molecule has 2 heterocycles. The maximum Gasteiger partial charge on any atom is 0.263 e.